The minimum Gasteiger partial charge on any atom is -0.378 e. The Hall–Kier alpha value is -2.49. The van der Waals surface area contributed by atoms with Crippen LogP contribution in [0.3, 0.4) is 0 Å². The second kappa shape index (κ2) is 7.68. The molecule has 0 aliphatic heterocycles. The lowest BCUT2D eigenvalue weighted by molar-refractivity contribution is 0.0954. The van der Waals surface area contributed by atoms with Crippen molar-refractivity contribution in [3.05, 3.63) is 59.7 Å². The van der Waals surface area contributed by atoms with E-state index >= 15 is 0 Å². The summed E-state index contributed by atoms with van der Waals surface area (Å²) in [6, 6.07) is 16.0. The van der Waals surface area contributed by atoms with Crippen LogP contribution in [0, 0.1) is 0 Å². The van der Waals surface area contributed by atoms with E-state index in [1.165, 1.54) is 11.3 Å². The summed E-state index contributed by atoms with van der Waals surface area (Å²) in [5, 5.41) is 2.97. The number of amides is 1. The van der Waals surface area contributed by atoms with Crippen LogP contribution in [0.4, 0.5) is 11.4 Å². The van der Waals surface area contributed by atoms with Gasteiger partial charge in [-0.2, -0.15) is 0 Å². The van der Waals surface area contributed by atoms with E-state index < -0.39 is 0 Å². The molecule has 0 aromatic heterocycles. The first-order chi connectivity index (χ1) is 11.0. The number of hydrogen-bond donors (Lipinski definition) is 1. The van der Waals surface area contributed by atoms with Gasteiger partial charge in [-0.1, -0.05) is 12.1 Å². The normalized spacial score (nSPS) is 10.3. The van der Waals surface area contributed by atoms with Crippen LogP contribution in [0.5, 0.6) is 0 Å². The zero-order chi connectivity index (χ0) is 16.8. The molecular formula is C19H25N3O. The Bertz CT molecular complexity index is 631. The summed E-state index contributed by atoms with van der Waals surface area (Å²) >= 11 is 0. The molecule has 0 aliphatic rings. The Morgan fingerprint density at radius 1 is 0.826 bits per heavy atom. The summed E-state index contributed by atoms with van der Waals surface area (Å²) in [5.41, 5.74) is 4.18. The molecule has 0 atom stereocenters. The molecule has 0 saturated carbocycles. The van der Waals surface area contributed by atoms with Crippen molar-refractivity contribution in [3.63, 3.8) is 0 Å². The highest BCUT2D eigenvalue weighted by Crippen LogP contribution is 2.13. The summed E-state index contributed by atoms with van der Waals surface area (Å²) in [6.45, 7) is 0.635. The van der Waals surface area contributed by atoms with Crippen LogP contribution in [0.25, 0.3) is 0 Å². The van der Waals surface area contributed by atoms with Crippen LogP contribution < -0.4 is 15.1 Å². The van der Waals surface area contributed by atoms with E-state index in [-0.39, 0.29) is 5.91 Å². The molecule has 1 N–H and O–H groups in total. The van der Waals surface area contributed by atoms with Crippen molar-refractivity contribution in [1.82, 2.24) is 5.32 Å². The summed E-state index contributed by atoms with van der Waals surface area (Å²) in [4.78, 5) is 16.2. The highest BCUT2D eigenvalue weighted by atomic mass is 16.1. The predicted octanol–water partition coefficient (Wildman–Crippen LogP) is 2.79. The molecule has 0 spiro atoms. The van der Waals surface area contributed by atoms with Crippen molar-refractivity contribution in [2.75, 3.05) is 44.5 Å². The lowest BCUT2D eigenvalue weighted by atomic mass is 10.1. The van der Waals surface area contributed by atoms with Gasteiger partial charge in [-0.3, -0.25) is 4.79 Å². The smallest absolute Gasteiger partial charge is 0.251 e. The minimum atomic E-state index is -0.0276. The van der Waals surface area contributed by atoms with Crippen LogP contribution in [0.2, 0.25) is 0 Å². The molecule has 0 fully saturated rings. The monoisotopic (exact) mass is 311 g/mol. The van der Waals surface area contributed by atoms with Crippen LogP contribution in [-0.4, -0.2) is 40.6 Å². The first-order valence-electron chi connectivity index (χ1n) is 7.79. The Morgan fingerprint density at radius 2 is 1.30 bits per heavy atom. The molecule has 0 unspecified atom stereocenters. The van der Waals surface area contributed by atoms with Crippen molar-refractivity contribution in [1.29, 1.82) is 0 Å². The van der Waals surface area contributed by atoms with Crippen molar-refractivity contribution < 1.29 is 4.79 Å². The van der Waals surface area contributed by atoms with Gasteiger partial charge in [0, 0.05) is 51.7 Å². The first-order valence-corrected chi connectivity index (χ1v) is 7.79. The number of benzene rings is 2. The van der Waals surface area contributed by atoms with E-state index in [2.05, 4.69) is 34.5 Å². The van der Waals surface area contributed by atoms with Gasteiger partial charge >= 0.3 is 0 Å². The summed E-state index contributed by atoms with van der Waals surface area (Å²) in [6.07, 6.45) is 0.829. The Kier molecular flexibility index (Phi) is 5.63. The lowest BCUT2D eigenvalue weighted by Gasteiger charge is -2.13. The maximum Gasteiger partial charge on any atom is 0.251 e. The third-order valence-electron chi connectivity index (χ3n) is 3.80. The molecule has 122 valence electrons. The highest BCUT2D eigenvalue weighted by Gasteiger charge is 2.05. The van der Waals surface area contributed by atoms with E-state index in [9.17, 15) is 4.79 Å². The highest BCUT2D eigenvalue weighted by molar-refractivity contribution is 5.94. The Morgan fingerprint density at radius 3 is 1.78 bits per heavy atom. The van der Waals surface area contributed by atoms with Gasteiger partial charge in [-0.05, 0) is 48.4 Å². The third-order valence-corrected chi connectivity index (χ3v) is 3.80. The van der Waals surface area contributed by atoms with Crippen LogP contribution >= 0.6 is 0 Å². The molecule has 0 heterocycles. The third kappa shape index (κ3) is 4.74. The van der Waals surface area contributed by atoms with Gasteiger partial charge in [0.05, 0.1) is 0 Å². The van der Waals surface area contributed by atoms with Crippen molar-refractivity contribution >= 4 is 17.3 Å². The lowest BCUT2D eigenvalue weighted by Crippen LogP contribution is -2.25. The van der Waals surface area contributed by atoms with Crippen LogP contribution in [-0.2, 0) is 6.42 Å². The van der Waals surface area contributed by atoms with Gasteiger partial charge in [0.2, 0.25) is 0 Å². The summed E-state index contributed by atoms with van der Waals surface area (Å²) in [7, 11) is 8.01. The number of carbonyl (C=O) groups is 1. The second-order valence-electron chi connectivity index (χ2n) is 6.01. The molecule has 2 aromatic carbocycles. The molecule has 2 rings (SSSR count). The average Bonchev–Trinajstić information content (AvgIpc) is 2.55. The van der Waals surface area contributed by atoms with E-state index in [0.29, 0.717) is 12.1 Å². The quantitative estimate of drug-likeness (QED) is 0.891. The zero-order valence-electron chi connectivity index (χ0n) is 14.3. The maximum absolute atomic E-state index is 12.1. The molecule has 0 aliphatic carbocycles. The number of nitrogens with zero attached hydrogens (tertiary/aromatic N) is 2. The van der Waals surface area contributed by atoms with Crippen molar-refractivity contribution in [2.45, 2.75) is 6.42 Å². The van der Waals surface area contributed by atoms with Crippen LogP contribution in [0.1, 0.15) is 15.9 Å². The SMILES string of the molecule is CN(C)c1ccc(CCNC(=O)c2ccc(N(C)C)cc2)cc1. The fourth-order valence-corrected chi connectivity index (χ4v) is 2.29. The van der Waals surface area contributed by atoms with Gasteiger partial charge in [0.25, 0.3) is 5.91 Å². The first kappa shape index (κ1) is 16.9. The van der Waals surface area contributed by atoms with E-state index in [1.807, 2.05) is 57.4 Å². The van der Waals surface area contributed by atoms with Gasteiger partial charge in [0.1, 0.15) is 0 Å². The van der Waals surface area contributed by atoms with Crippen molar-refractivity contribution in [2.24, 2.45) is 0 Å². The van der Waals surface area contributed by atoms with E-state index in [1.54, 1.807) is 0 Å². The maximum atomic E-state index is 12.1. The molecule has 4 nitrogen and oxygen atoms in total. The number of hydrogen-bond acceptors (Lipinski definition) is 3. The van der Waals surface area contributed by atoms with Crippen molar-refractivity contribution in [3.8, 4) is 0 Å². The summed E-state index contributed by atoms with van der Waals surface area (Å²) in [5.74, 6) is -0.0276. The number of carbonyl (C=O) groups excluding carboxylic acids is 1. The molecule has 2 aromatic rings. The topological polar surface area (TPSA) is 35.6 Å². The molecule has 0 saturated heterocycles. The van der Waals surface area contributed by atoms with Gasteiger partial charge in [-0.25, -0.2) is 0 Å². The molecule has 4 heteroatoms. The van der Waals surface area contributed by atoms with Gasteiger partial charge in [-0.15, -0.1) is 0 Å². The summed E-state index contributed by atoms with van der Waals surface area (Å²) < 4.78 is 0. The van der Waals surface area contributed by atoms with Gasteiger partial charge in [0.15, 0.2) is 0 Å². The fraction of sp³-hybridized carbons (Fsp3) is 0.316. The molecule has 0 bridgehead atoms. The number of nitrogens with one attached hydrogen (secondary N) is 1. The zero-order valence-corrected chi connectivity index (χ0v) is 14.3. The molecule has 23 heavy (non-hydrogen) atoms. The molecule has 0 radical (unpaired) electrons. The predicted molar refractivity (Wildman–Crippen MR) is 97.6 cm³/mol. The Balaban J connectivity index is 1.84. The number of anilines is 2. The fourth-order valence-electron chi connectivity index (χ4n) is 2.29. The van der Waals surface area contributed by atoms with Crippen LogP contribution in [0.15, 0.2) is 48.5 Å². The molecular weight excluding hydrogens is 286 g/mol. The minimum absolute atomic E-state index is 0.0276. The standard InChI is InChI=1S/C19H25N3O/c1-21(2)17-9-5-15(6-10-17)13-14-20-19(23)16-7-11-18(12-8-16)22(3)4/h5-12H,13-14H2,1-4H3,(H,20,23). The largest absolute Gasteiger partial charge is 0.378 e. The van der Waals surface area contributed by atoms with E-state index in [4.69, 9.17) is 0 Å². The number of rotatable bonds is 6. The Labute approximate surface area is 138 Å². The van der Waals surface area contributed by atoms with Gasteiger partial charge < -0.3 is 15.1 Å². The second-order valence-corrected chi connectivity index (χ2v) is 6.01. The van der Waals surface area contributed by atoms with E-state index in [0.717, 1.165) is 12.1 Å². The molecule has 1 amide bonds. The average molecular weight is 311 g/mol.